The number of halogens is 3. The van der Waals surface area contributed by atoms with Gasteiger partial charge in [-0.1, -0.05) is 78.1 Å². The first-order valence-corrected chi connectivity index (χ1v) is 8.97. The summed E-state index contributed by atoms with van der Waals surface area (Å²) in [7, 11) is 0. The molecular weight excluding hydrogens is 369 g/mol. The average molecular weight is 393 g/mol. The van der Waals surface area contributed by atoms with Gasteiger partial charge in [-0.2, -0.15) is 0 Å². The van der Waals surface area contributed by atoms with Crippen molar-refractivity contribution >= 4 is 40.7 Å². The van der Waals surface area contributed by atoms with Gasteiger partial charge < -0.3 is 10.1 Å². The van der Waals surface area contributed by atoms with Crippen LogP contribution in [0.4, 0.5) is 0 Å². The van der Waals surface area contributed by atoms with Crippen molar-refractivity contribution in [2.75, 3.05) is 0 Å². The van der Waals surface area contributed by atoms with Crippen LogP contribution < -0.4 is 5.32 Å². The molecule has 3 nitrogen and oxygen atoms in total. The summed E-state index contributed by atoms with van der Waals surface area (Å²) in [5, 5.41) is 2.72. The van der Waals surface area contributed by atoms with Crippen molar-refractivity contribution < 1.29 is 9.53 Å². The average Bonchev–Trinajstić information content (AvgIpc) is 2.52. The van der Waals surface area contributed by atoms with Crippen LogP contribution in [-0.2, 0) is 9.53 Å². The Hall–Kier alpha value is -0.740. The Balaban J connectivity index is 3.06. The van der Waals surface area contributed by atoms with Crippen molar-refractivity contribution in [1.82, 2.24) is 5.32 Å². The summed E-state index contributed by atoms with van der Waals surface area (Å²) in [5.74, 6) is -0.675. The summed E-state index contributed by atoms with van der Waals surface area (Å²) in [5.41, 5.74) is 0.541. The van der Waals surface area contributed by atoms with E-state index in [0.29, 0.717) is 6.42 Å². The molecule has 0 fully saturated rings. The highest BCUT2D eigenvalue weighted by atomic mass is 35.6. The lowest BCUT2D eigenvalue weighted by Gasteiger charge is -2.36. The minimum atomic E-state index is -2.01. The third-order valence-electron chi connectivity index (χ3n) is 3.93. The summed E-state index contributed by atoms with van der Waals surface area (Å²) >= 11 is 17.0. The molecule has 0 aliphatic carbocycles. The fourth-order valence-corrected chi connectivity index (χ4v) is 2.52. The Kier molecular flexibility index (Phi) is 8.07. The molecule has 134 valence electrons. The SMILES string of the molecule is C=CC[C@@](C)(CC)O[C@@H](c1ccccc1)[C@H](C)NC(=O)C(Cl)(Cl)Cl. The molecule has 0 aliphatic rings. The lowest BCUT2D eigenvalue weighted by Crippen LogP contribution is -2.45. The zero-order chi connectivity index (χ0) is 18.4. The molecule has 1 rings (SSSR count). The maximum absolute atomic E-state index is 12.0. The molecule has 0 saturated heterocycles. The Labute approximate surface area is 159 Å². The van der Waals surface area contributed by atoms with Crippen LogP contribution in [0.3, 0.4) is 0 Å². The van der Waals surface area contributed by atoms with E-state index in [1.54, 1.807) is 0 Å². The summed E-state index contributed by atoms with van der Waals surface area (Å²) < 4.78 is 4.36. The van der Waals surface area contributed by atoms with E-state index in [9.17, 15) is 4.79 Å². The molecule has 24 heavy (non-hydrogen) atoms. The molecule has 0 unspecified atom stereocenters. The third kappa shape index (κ3) is 6.29. The fraction of sp³-hybridized carbons (Fsp3) is 0.500. The maximum atomic E-state index is 12.0. The number of amides is 1. The molecule has 1 N–H and O–H groups in total. The number of rotatable bonds is 8. The van der Waals surface area contributed by atoms with Crippen molar-refractivity contribution in [1.29, 1.82) is 0 Å². The number of ether oxygens (including phenoxy) is 1. The summed E-state index contributed by atoms with van der Waals surface area (Å²) in [6.45, 7) is 9.70. The molecule has 1 aromatic rings. The number of nitrogens with one attached hydrogen (secondary N) is 1. The number of benzene rings is 1. The molecule has 0 radical (unpaired) electrons. The summed E-state index contributed by atoms with van der Waals surface area (Å²) in [6.07, 6.45) is 2.94. The van der Waals surface area contributed by atoms with Gasteiger partial charge in [-0.25, -0.2) is 0 Å². The zero-order valence-electron chi connectivity index (χ0n) is 14.2. The second kappa shape index (κ2) is 9.10. The predicted molar refractivity (Wildman–Crippen MR) is 102 cm³/mol. The largest absolute Gasteiger partial charge is 0.365 e. The van der Waals surface area contributed by atoms with Crippen LogP contribution in [0.25, 0.3) is 0 Å². The van der Waals surface area contributed by atoms with E-state index < -0.39 is 15.3 Å². The van der Waals surface area contributed by atoms with Crippen molar-refractivity contribution in [3.8, 4) is 0 Å². The molecule has 1 aromatic carbocycles. The van der Waals surface area contributed by atoms with Crippen LogP contribution in [0, 0.1) is 0 Å². The normalized spacial score (nSPS) is 16.8. The van der Waals surface area contributed by atoms with Crippen molar-refractivity contribution in [3.63, 3.8) is 0 Å². The lowest BCUT2D eigenvalue weighted by atomic mass is 9.96. The van der Waals surface area contributed by atoms with Gasteiger partial charge in [0.2, 0.25) is 0 Å². The van der Waals surface area contributed by atoms with Gasteiger partial charge in [-0.15, -0.1) is 6.58 Å². The number of carbonyl (C=O) groups excluding carboxylic acids is 1. The molecule has 0 spiro atoms. The predicted octanol–water partition coefficient (Wildman–Crippen LogP) is 5.36. The Morgan fingerprint density at radius 1 is 1.33 bits per heavy atom. The smallest absolute Gasteiger partial charge is 0.272 e. The standard InChI is InChI=1S/C18H24Cl3NO2/c1-5-12-17(4,6-2)24-15(14-10-8-7-9-11-14)13(3)22-16(23)18(19,20)21/h5,7-11,13,15H,1,6,12H2,2-4H3,(H,22,23)/t13-,15+,17+/m0/s1. The van der Waals surface area contributed by atoms with Gasteiger partial charge in [0.1, 0.15) is 6.10 Å². The van der Waals surface area contributed by atoms with Gasteiger partial charge in [-0.05, 0) is 32.3 Å². The van der Waals surface area contributed by atoms with E-state index in [1.807, 2.05) is 50.3 Å². The highest BCUT2D eigenvalue weighted by molar-refractivity contribution is 6.76. The molecule has 0 bridgehead atoms. The van der Waals surface area contributed by atoms with Crippen molar-refractivity contribution in [2.24, 2.45) is 0 Å². The van der Waals surface area contributed by atoms with Gasteiger partial charge in [0.25, 0.3) is 9.70 Å². The lowest BCUT2D eigenvalue weighted by molar-refractivity contribution is -0.126. The van der Waals surface area contributed by atoms with E-state index in [0.717, 1.165) is 12.0 Å². The minimum absolute atomic E-state index is 0.382. The number of hydrogen-bond acceptors (Lipinski definition) is 2. The van der Waals surface area contributed by atoms with Crippen molar-refractivity contribution in [3.05, 3.63) is 48.6 Å². The molecule has 0 aliphatic heterocycles. The Morgan fingerprint density at radius 3 is 2.38 bits per heavy atom. The maximum Gasteiger partial charge on any atom is 0.272 e. The Morgan fingerprint density at radius 2 is 1.92 bits per heavy atom. The zero-order valence-corrected chi connectivity index (χ0v) is 16.5. The molecule has 3 atom stereocenters. The number of carbonyl (C=O) groups is 1. The molecule has 0 saturated carbocycles. The van der Waals surface area contributed by atoms with Crippen molar-refractivity contribution in [2.45, 2.75) is 55.2 Å². The van der Waals surface area contributed by atoms with Gasteiger partial charge in [-0.3, -0.25) is 4.79 Å². The quantitative estimate of drug-likeness (QED) is 0.477. The fourth-order valence-electron chi connectivity index (χ4n) is 2.35. The second-order valence-electron chi connectivity index (χ2n) is 6.01. The van der Waals surface area contributed by atoms with E-state index in [4.69, 9.17) is 39.5 Å². The van der Waals surface area contributed by atoms with Crippen LogP contribution in [-0.4, -0.2) is 21.3 Å². The number of hydrogen-bond donors (Lipinski definition) is 1. The number of alkyl halides is 3. The highest BCUT2D eigenvalue weighted by Gasteiger charge is 2.35. The van der Waals surface area contributed by atoms with E-state index in [1.165, 1.54) is 0 Å². The molecule has 6 heteroatoms. The van der Waals surface area contributed by atoms with E-state index >= 15 is 0 Å². The Bertz CT molecular complexity index is 545. The van der Waals surface area contributed by atoms with Crippen LogP contribution in [0.2, 0.25) is 0 Å². The monoisotopic (exact) mass is 391 g/mol. The highest BCUT2D eigenvalue weighted by Crippen LogP contribution is 2.33. The van der Waals surface area contributed by atoms with Crippen LogP contribution in [0.5, 0.6) is 0 Å². The topological polar surface area (TPSA) is 38.3 Å². The van der Waals surface area contributed by atoms with Crippen LogP contribution in [0.15, 0.2) is 43.0 Å². The van der Waals surface area contributed by atoms with E-state index in [2.05, 4.69) is 18.8 Å². The second-order valence-corrected chi connectivity index (χ2v) is 8.29. The first-order valence-electron chi connectivity index (χ1n) is 7.84. The molecular formula is C18H24Cl3NO2. The third-order valence-corrected chi connectivity index (χ3v) is 4.45. The van der Waals surface area contributed by atoms with Crippen LogP contribution in [0.1, 0.15) is 45.3 Å². The molecule has 0 aromatic heterocycles. The molecule has 0 heterocycles. The van der Waals surface area contributed by atoms with Gasteiger partial charge in [0, 0.05) is 0 Å². The van der Waals surface area contributed by atoms with Gasteiger partial charge in [0.15, 0.2) is 0 Å². The minimum Gasteiger partial charge on any atom is -0.365 e. The summed E-state index contributed by atoms with van der Waals surface area (Å²) in [6, 6.07) is 9.29. The van der Waals surface area contributed by atoms with Gasteiger partial charge in [0.05, 0.1) is 11.6 Å². The van der Waals surface area contributed by atoms with Crippen LogP contribution >= 0.6 is 34.8 Å². The van der Waals surface area contributed by atoms with Gasteiger partial charge >= 0.3 is 0 Å². The first-order chi connectivity index (χ1) is 11.1. The van der Waals surface area contributed by atoms with E-state index in [-0.39, 0.29) is 12.1 Å². The first kappa shape index (κ1) is 21.3. The molecule has 1 amide bonds. The summed E-state index contributed by atoms with van der Waals surface area (Å²) in [4.78, 5) is 12.0.